The maximum atomic E-state index is 5.51. The van der Waals surface area contributed by atoms with E-state index in [2.05, 4.69) is 40.9 Å². The molecule has 3 rings (SSSR count). The minimum atomic E-state index is 0.435. The molecule has 5 nitrogen and oxygen atoms in total. The minimum Gasteiger partial charge on any atom is -0.379 e. The van der Waals surface area contributed by atoms with Gasteiger partial charge in [-0.15, -0.1) is 0 Å². The van der Waals surface area contributed by atoms with E-state index in [0.29, 0.717) is 12.1 Å². The van der Waals surface area contributed by atoms with Gasteiger partial charge in [-0.3, -0.25) is 0 Å². The van der Waals surface area contributed by atoms with E-state index >= 15 is 0 Å². The lowest BCUT2D eigenvalue weighted by Crippen LogP contribution is -2.44. The topological polar surface area (TPSA) is 51.1 Å². The van der Waals surface area contributed by atoms with Crippen molar-refractivity contribution >= 4 is 0 Å². The number of nitrogens with one attached hydrogen (secondary N) is 2. The summed E-state index contributed by atoms with van der Waals surface area (Å²) in [7, 11) is 0. The molecule has 2 N–H and O–H groups in total. The summed E-state index contributed by atoms with van der Waals surface area (Å²) in [6.07, 6.45) is 4.86. The first-order valence-corrected chi connectivity index (χ1v) is 7.95. The highest BCUT2D eigenvalue weighted by atomic mass is 16.5. The van der Waals surface area contributed by atoms with Gasteiger partial charge in [0.05, 0.1) is 18.9 Å². The summed E-state index contributed by atoms with van der Waals surface area (Å²) in [6.45, 7) is 5.67. The Balaban J connectivity index is 1.57. The number of ether oxygens (including phenoxy) is 1. The van der Waals surface area contributed by atoms with Crippen molar-refractivity contribution < 1.29 is 4.74 Å². The number of hydrogen-bond acceptors (Lipinski definition) is 4. The predicted molar refractivity (Wildman–Crippen MR) is 87.1 cm³/mol. The van der Waals surface area contributed by atoms with E-state index in [-0.39, 0.29) is 0 Å². The third-order valence-electron chi connectivity index (χ3n) is 4.02. The van der Waals surface area contributed by atoms with Gasteiger partial charge in [-0.25, -0.2) is 4.68 Å². The number of benzene rings is 1. The van der Waals surface area contributed by atoms with Crippen LogP contribution in [-0.4, -0.2) is 41.6 Å². The number of para-hydroxylation sites is 1. The van der Waals surface area contributed by atoms with Crippen LogP contribution in [0.1, 0.15) is 18.9 Å². The standard InChI is InChI=1S/C17H24N4O/c1-14(11-16-13-22-10-8-18-16)19-12-15-5-2-3-6-17(15)21-9-4-7-20-21/h2-7,9,14,16,18-19H,8,10-13H2,1H3. The van der Waals surface area contributed by atoms with Crippen molar-refractivity contribution in [3.05, 3.63) is 48.3 Å². The molecule has 2 atom stereocenters. The third-order valence-corrected chi connectivity index (χ3v) is 4.02. The molecule has 1 saturated heterocycles. The van der Waals surface area contributed by atoms with E-state index in [0.717, 1.165) is 38.4 Å². The van der Waals surface area contributed by atoms with E-state index < -0.39 is 0 Å². The number of aromatic nitrogens is 2. The average Bonchev–Trinajstić information content (AvgIpc) is 3.08. The molecule has 5 heteroatoms. The summed E-state index contributed by atoms with van der Waals surface area (Å²) in [6, 6.07) is 11.2. The molecule has 1 aromatic heterocycles. The van der Waals surface area contributed by atoms with Crippen LogP contribution in [0.25, 0.3) is 5.69 Å². The Kier molecular flexibility index (Phi) is 5.21. The number of rotatable bonds is 6. The molecule has 0 spiro atoms. The first-order chi connectivity index (χ1) is 10.8. The summed E-state index contributed by atoms with van der Waals surface area (Å²) in [5.74, 6) is 0. The molecule has 0 bridgehead atoms. The van der Waals surface area contributed by atoms with Gasteiger partial charge in [-0.05, 0) is 31.0 Å². The van der Waals surface area contributed by atoms with Gasteiger partial charge in [0.15, 0.2) is 0 Å². The van der Waals surface area contributed by atoms with Gasteiger partial charge < -0.3 is 15.4 Å². The van der Waals surface area contributed by atoms with Gasteiger partial charge in [0, 0.05) is 37.6 Å². The van der Waals surface area contributed by atoms with Crippen LogP contribution in [0.2, 0.25) is 0 Å². The van der Waals surface area contributed by atoms with Crippen molar-refractivity contribution in [3.8, 4) is 5.69 Å². The van der Waals surface area contributed by atoms with Crippen molar-refractivity contribution in [1.82, 2.24) is 20.4 Å². The summed E-state index contributed by atoms with van der Waals surface area (Å²) in [5, 5.41) is 11.4. The van der Waals surface area contributed by atoms with Crippen LogP contribution in [0.15, 0.2) is 42.7 Å². The summed E-state index contributed by atoms with van der Waals surface area (Å²) < 4.78 is 7.43. The van der Waals surface area contributed by atoms with Crippen LogP contribution in [0.3, 0.4) is 0 Å². The highest BCUT2D eigenvalue weighted by Crippen LogP contribution is 2.14. The fourth-order valence-electron chi connectivity index (χ4n) is 2.86. The van der Waals surface area contributed by atoms with Crippen LogP contribution < -0.4 is 10.6 Å². The molecule has 22 heavy (non-hydrogen) atoms. The lowest BCUT2D eigenvalue weighted by atomic mass is 10.1. The first kappa shape index (κ1) is 15.2. The molecule has 0 radical (unpaired) electrons. The molecule has 0 amide bonds. The number of morpholine rings is 1. The summed E-state index contributed by atoms with van der Waals surface area (Å²) >= 11 is 0. The largest absolute Gasteiger partial charge is 0.379 e. The van der Waals surface area contributed by atoms with Gasteiger partial charge in [-0.1, -0.05) is 18.2 Å². The van der Waals surface area contributed by atoms with Crippen LogP contribution in [0.4, 0.5) is 0 Å². The lowest BCUT2D eigenvalue weighted by molar-refractivity contribution is 0.0712. The summed E-state index contributed by atoms with van der Waals surface area (Å²) in [5.41, 5.74) is 2.39. The maximum absolute atomic E-state index is 5.51. The average molecular weight is 300 g/mol. The van der Waals surface area contributed by atoms with Gasteiger partial charge in [0.2, 0.25) is 0 Å². The number of nitrogens with zero attached hydrogens (tertiary/aromatic N) is 2. The molecule has 0 aliphatic carbocycles. The highest BCUT2D eigenvalue weighted by molar-refractivity contribution is 5.40. The second kappa shape index (κ2) is 7.54. The molecule has 1 aliphatic heterocycles. The molecule has 0 saturated carbocycles. The Morgan fingerprint density at radius 1 is 1.41 bits per heavy atom. The predicted octanol–water partition coefficient (Wildman–Crippen LogP) is 1.73. The molecular weight excluding hydrogens is 276 g/mol. The second-order valence-corrected chi connectivity index (χ2v) is 5.82. The SMILES string of the molecule is CC(CC1COCCN1)NCc1ccccc1-n1cccn1. The molecule has 1 aromatic carbocycles. The lowest BCUT2D eigenvalue weighted by Gasteiger charge is -2.27. The van der Waals surface area contributed by atoms with Crippen LogP contribution in [0, 0.1) is 0 Å². The Labute approximate surface area is 131 Å². The Morgan fingerprint density at radius 3 is 3.09 bits per heavy atom. The van der Waals surface area contributed by atoms with Crippen molar-refractivity contribution in [2.24, 2.45) is 0 Å². The van der Waals surface area contributed by atoms with Gasteiger partial charge in [-0.2, -0.15) is 5.10 Å². The monoisotopic (exact) mass is 300 g/mol. The molecule has 118 valence electrons. The van der Waals surface area contributed by atoms with Gasteiger partial charge in [0.1, 0.15) is 0 Å². The molecule has 2 heterocycles. The Morgan fingerprint density at radius 2 is 2.32 bits per heavy atom. The number of hydrogen-bond donors (Lipinski definition) is 2. The molecule has 2 aromatic rings. The molecule has 2 unspecified atom stereocenters. The maximum Gasteiger partial charge on any atom is 0.0690 e. The van der Waals surface area contributed by atoms with Gasteiger partial charge >= 0.3 is 0 Å². The molecule has 1 fully saturated rings. The second-order valence-electron chi connectivity index (χ2n) is 5.82. The fourth-order valence-corrected chi connectivity index (χ4v) is 2.86. The zero-order valence-electron chi connectivity index (χ0n) is 13.0. The normalized spacial score (nSPS) is 20.0. The smallest absolute Gasteiger partial charge is 0.0690 e. The minimum absolute atomic E-state index is 0.435. The van der Waals surface area contributed by atoms with E-state index in [1.165, 1.54) is 5.56 Å². The molecular formula is C17H24N4O. The zero-order valence-corrected chi connectivity index (χ0v) is 13.0. The van der Waals surface area contributed by atoms with E-state index in [1.807, 2.05) is 29.2 Å². The van der Waals surface area contributed by atoms with Crippen molar-refractivity contribution in [1.29, 1.82) is 0 Å². The van der Waals surface area contributed by atoms with E-state index in [9.17, 15) is 0 Å². The summed E-state index contributed by atoms with van der Waals surface area (Å²) in [4.78, 5) is 0. The van der Waals surface area contributed by atoms with E-state index in [4.69, 9.17) is 4.74 Å². The van der Waals surface area contributed by atoms with Crippen LogP contribution in [-0.2, 0) is 11.3 Å². The van der Waals surface area contributed by atoms with Gasteiger partial charge in [0.25, 0.3) is 0 Å². The Bertz CT molecular complexity index is 564. The van der Waals surface area contributed by atoms with Crippen LogP contribution >= 0.6 is 0 Å². The third kappa shape index (κ3) is 3.94. The Hall–Kier alpha value is -1.69. The quantitative estimate of drug-likeness (QED) is 0.853. The zero-order chi connectivity index (χ0) is 15.2. The van der Waals surface area contributed by atoms with Crippen molar-refractivity contribution in [2.75, 3.05) is 19.8 Å². The molecule has 1 aliphatic rings. The van der Waals surface area contributed by atoms with Crippen LogP contribution in [0.5, 0.6) is 0 Å². The fraction of sp³-hybridized carbons (Fsp3) is 0.471. The van der Waals surface area contributed by atoms with Crippen molar-refractivity contribution in [2.45, 2.75) is 32.0 Å². The van der Waals surface area contributed by atoms with Crippen molar-refractivity contribution in [3.63, 3.8) is 0 Å². The first-order valence-electron chi connectivity index (χ1n) is 7.95. The highest BCUT2D eigenvalue weighted by Gasteiger charge is 2.16. The van der Waals surface area contributed by atoms with E-state index in [1.54, 1.807) is 0 Å².